The first-order valence-electron chi connectivity index (χ1n) is 10.1. The molecule has 2 aromatic heterocycles. The van der Waals surface area contributed by atoms with Gasteiger partial charge < -0.3 is 20.7 Å². The van der Waals surface area contributed by atoms with Crippen LogP contribution in [0.5, 0.6) is 0 Å². The Labute approximate surface area is 190 Å². The molecule has 1 saturated heterocycles. The molecule has 0 saturated carbocycles. The quantitative estimate of drug-likeness (QED) is 0.572. The monoisotopic (exact) mass is 476 g/mol. The molecule has 1 unspecified atom stereocenters. The Balaban J connectivity index is 1.53. The zero-order valence-corrected chi connectivity index (χ0v) is 17.6. The summed E-state index contributed by atoms with van der Waals surface area (Å²) in [6, 6.07) is 8.74. The molecule has 3 aromatic rings. The van der Waals surface area contributed by atoms with Crippen molar-refractivity contribution in [3.63, 3.8) is 0 Å². The van der Waals surface area contributed by atoms with E-state index in [1.807, 2.05) is 0 Å². The molecule has 1 aliphatic heterocycles. The molecule has 1 fully saturated rings. The van der Waals surface area contributed by atoms with E-state index in [4.69, 9.17) is 10.5 Å². The first-order chi connectivity index (χ1) is 16.1. The fourth-order valence-electron chi connectivity index (χ4n) is 3.64. The van der Waals surface area contributed by atoms with Crippen molar-refractivity contribution >= 4 is 34.4 Å². The van der Waals surface area contributed by atoms with Gasteiger partial charge in [-0.25, -0.2) is 4.98 Å². The molecular weight excluding hydrogens is 457 g/mol. The van der Waals surface area contributed by atoms with E-state index in [-0.39, 0.29) is 37.8 Å². The molecule has 1 aliphatic rings. The van der Waals surface area contributed by atoms with E-state index in [1.165, 1.54) is 15.6 Å². The minimum Gasteiger partial charge on any atom is -0.377 e. The van der Waals surface area contributed by atoms with Gasteiger partial charge in [-0.1, -0.05) is 24.3 Å². The van der Waals surface area contributed by atoms with Crippen LogP contribution < -0.4 is 11.1 Å². The molecule has 3 N–H and O–H groups in total. The molecule has 0 radical (unpaired) electrons. The lowest BCUT2D eigenvalue weighted by Crippen LogP contribution is -2.55. The zero-order valence-electron chi connectivity index (χ0n) is 17.6. The first-order valence-corrected chi connectivity index (χ1v) is 10.1. The summed E-state index contributed by atoms with van der Waals surface area (Å²) in [6.07, 6.45) is -4.67. The summed E-state index contributed by atoms with van der Waals surface area (Å²) in [7, 11) is 0. The normalized spacial score (nSPS) is 16.4. The second-order valence-electron chi connectivity index (χ2n) is 7.46. The Morgan fingerprint density at radius 1 is 1.15 bits per heavy atom. The van der Waals surface area contributed by atoms with Crippen LogP contribution in [-0.2, 0) is 27.0 Å². The number of morpholine rings is 1. The van der Waals surface area contributed by atoms with E-state index in [1.54, 1.807) is 24.3 Å². The number of hydrogen-bond donors (Lipinski definition) is 2. The van der Waals surface area contributed by atoms with Gasteiger partial charge >= 0.3 is 6.18 Å². The van der Waals surface area contributed by atoms with Crippen molar-refractivity contribution in [1.29, 1.82) is 0 Å². The van der Waals surface area contributed by atoms with Gasteiger partial charge in [-0.15, -0.1) is 0 Å². The average molecular weight is 476 g/mol. The van der Waals surface area contributed by atoms with Crippen LogP contribution in [0.4, 0.5) is 19.0 Å². The van der Waals surface area contributed by atoms with Gasteiger partial charge in [0, 0.05) is 11.9 Å². The van der Waals surface area contributed by atoms with Crippen molar-refractivity contribution in [2.24, 2.45) is 5.73 Å². The molecule has 3 heterocycles. The van der Waals surface area contributed by atoms with Gasteiger partial charge in [0.2, 0.25) is 5.91 Å². The number of hydrogen-bond acceptors (Lipinski definition) is 6. The lowest BCUT2D eigenvalue weighted by molar-refractivity contribution is -0.147. The van der Waals surface area contributed by atoms with E-state index in [0.29, 0.717) is 10.9 Å². The van der Waals surface area contributed by atoms with Gasteiger partial charge in [0.1, 0.15) is 24.1 Å². The summed E-state index contributed by atoms with van der Waals surface area (Å²) in [5, 5.41) is 6.94. The smallest absolute Gasteiger partial charge is 0.377 e. The fourth-order valence-corrected chi connectivity index (χ4v) is 3.64. The third kappa shape index (κ3) is 4.69. The van der Waals surface area contributed by atoms with Gasteiger partial charge in [0.15, 0.2) is 5.69 Å². The van der Waals surface area contributed by atoms with Crippen molar-refractivity contribution < 1.29 is 32.3 Å². The van der Waals surface area contributed by atoms with Crippen LogP contribution in [0.2, 0.25) is 0 Å². The Hall–Kier alpha value is -4.00. The van der Waals surface area contributed by atoms with E-state index in [0.717, 1.165) is 12.1 Å². The molecule has 34 heavy (non-hydrogen) atoms. The van der Waals surface area contributed by atoms with Gasteiger partial charge in [-0.3, -0.25) is 19.1 Å². The molecule has 4 rings (SSSR count). The highest BCUT2D eigenvalue weighted by atomic mass is 19.4. The molecule has 0 bridgehead atoms. The third-order valence-corrected chi connectivity index (χ3v) is 5.22. The van der Waals surface area contributed by atoms with Crippen molar-refractivity contribution in [3.05, 3.63) is 53.9 Å². The minimum absolute atomic E-state index is 0.00953. The molecule has 1 aromatic carbocycles. The Kier molecular flexibility index (Phi) is 6.20. The Morgan fingerprint density at radius 3 is 2.65 bits per heavy atom. The number of nitrogens with two attached hydrogens (primary N) is 1. The topological polar surface area (TPSA) is 132 Å². The molecule has 3 amide bonds. The number of halogens is 3. The van der Waals surface area contributed by atoms with Crippen LogP contribution in [0.1, 0.15) is 16.2 Å². The maximum Gasteiger partial charge on any atom is 0.433 e. The van der Waals surface area contributed by atoms with Gasteiger partial charge in [-0.05, 0) is 18.2 Å². The van der Waals surface area contributed by atoms with Gasteiger partial charge in [-0.2, -0.15) is 18.3 Å². The number of ether oxygens (including phenoxy) is 1. The second kappa shape index (κ2) is 9.09. The summed E-state index contributed by atoms with van der Waals surface area (Å²) in [4.78, 5) is 42.3. The van der Waals surface area contributed by atoms with Gasteiger partial charge in [0.05, 0.1) is 18.7 Å². The van der Waals surface area contributed by atoms with Crippen molar-refractivity contribution in [2.75, 3.05) is 25.1 Å². The number of rotatable bonds is 5. The van der Waals surface area contributed by atoms with E-state index >= 15 is 0 Å². The predicted molar refractivity (Wildman–Crippen MR) is 112 cm³/mol. The molecule has 0 spiro atoms. The van der Waals surface area contributed by atoms with Crippen LogP contribution in [0.3, 0.4) is 0 Å². The van der Waals surface area contributed by atoms with Crippen LogP contribution in [0.15, 0.2) is 42.5 Å². The Bertz CT molecular complexity index is 1260. The highest BCUT2D eigenvalue weighted by Gasteiger charge is 2.35. The molecular formula is C21H19F3N6O4. The highest BCUT2D eigenvalue weighted by molar-refractivity contribution is 6.04. The number of anilines is 1. The van der Waals surface area contributed by atoms with Crippen LogP contribution in [0, 0.1) is 0 Å². The second-order valence-corrected chi connectivity index (χ2v) is 7.46. The molecule has 0 aliphatic carbocycles. The average Bonchev–Trinajstić information content (AvgIpc) is 3.17. The first kappa shape index (κ1) is 23.2. The number of carbonyl (C=O) groups excluding carboxylic acids is 3. The number of nitrogens with one attached hydrogen (secondary N) is 1. The number of primary amides is 1. The summed E-state index contributed by atoms with van der Waals surface area (Å²) in [5.74, 6) is -2.30. The number of fused-ring (bicyclic) bond motifs is 1. The number of nitrogens with zero attached hydrogens (tertiary/aromatic N) is 4. The lowest BCUT2D eigenvalue weighted by Gasteiger charge is -2.34. The standard InChI is InChI=1S/C21H19F3N6O4/c22-21(23,24)15-6-3-7-16(26-15)27-20(33)14-11-34-9-8-29(14)17(31)10-30-13-5-2-1-4-12(13)18(28-30)19(25)32/h1-7,14H,8-11H2,(H2,25,32)(H,26,27,33). The maximum atomic E-state index is 13.1. The lowest BCUT2D eigenvalue weighted by atomic mass is 10.2. The van der Waals surface area contributed by atoms with E-state index in [9.17, 15) is 27.6 Å². The highest BCUT2D eigenvalue weighted by Crippen LogP contribution is 2.28. The third-order valence-electron chi connectivity index (χ3n) is 5.22. The number of para-hydroxylation sites is 1. The maximum absolute atomic E-state index is 13.1. The van der Waals surface area contributed by atoms with Gasteiger partial charge in [0.25, 0.3) is 11.8 Å². The number of alkyl halides is 3. The number of amides is 3. The molecule has 1 atom stereocenters. The van der Waals surface area contributed by atoms with E-state index in [2.05, 4.69) is 15.4 Å². The summed E-state index contributed by atoms with van der Waals surface area (Å²) in [5.41, 5.74) is 4.74. The summed E-state index contributed by atoms with van der Waals surface area (Å²) >= 11 is 0. The van der Waals surface area contributed by atoms with Crippen molar-refractivity contribution in [3.8, 4) is 0 Å². The van der Waals surface area contributed by atoms with Crippen molar-refractivity contribution in [1.82, 2.24) is 19.7 Å². The SMILES string of the molecule is NC(=O)c1nn(CC(=O)N2CCOCC2C(=O)Nc2cccc(C(F)(F)F)n2)c2ccccc12. The number of benzene rings is 1. The van der Waals surface area contributed by atoms with Crippen LogP contribution in [-0.4, -0.2) is 63.2 Å². The summed E-state index contributed by atoms with van der Waals surface area (Å²) < 4.78 is 45.4. The predicted octanol–water partition coefficient (Wildman–Crippen LogP) is 1.42. The number of pyridine rings is 1. The molecule has 13 heteroatoms. The van der Waals surface area contributed by atoms with Crippen LogP contribution >= 0.6 is 0 Å². The van der Waals surface area contributed by atoms with Crippen molar-refractivity contribution in [2.45, 2.75) is 18.8 Å². The zero-order chi connectivity index (χ0) is 24.5. The number of aromatic nitrogens is 3. The molecule has 178 valence electrons. The van der Waals surface area contributed by atoms with E-state index < -0.39 is 35.6 Å². The molecule has 10 nitrogen and oxygen atoms in total. The summed E-state index contributed by atoms with van der Waals surface area (Å²) in [6.45, 7) is -0.194. The van der Waals surface area contributed by atoms with Crippen LogP contribution in [0.25, 0.3) is 10.9 Å². The number of carbonyl (C=O) groups is 3. The minimum atomic E-state index is -4.67. The largest absolute Gasteiger partial charge is 0.433 e. The Morgan fingerprint density at radius 2 is 1.91 bits per heavy atom. The fraction of sp³-hybridized carbons (Fsp3) is 0.286.